The zero-order chi connectivity index (χ0) is 15.0. The second-order valence-electron chi connectivity index (χ2n) is 4.30. The second kappa shape index (κ2) is 8.94. The van der Waals surface area contributed by atoms with E-state index >= 15 is 0 Å². The molecule has 0 aliphatic rings. The van der Waals surface area contributed by atoms with Crippen LogP contribution in [0.1, 0.15) is 12.5 Å². The summed E-state index contributed by atoms with van der Waals surface area (Å²) in [6.07, 6.45) is -0.518. The maximum Gasteiger partial charge on any atom is 0.260 e. The first-order valence-corrected chi connectivity index (χ1v) is 7.24. The summed E-state index contributed by atoms with van der Waals surface area (Å²) in [6.45, 7) is 3.87. The molecule has 0 aliphatic heterocycles. The van der Waals surface area contributed by atoms with Gasteiger partial charge in [0.1, 0.15) is 5.75 Å². The predicted molar refractivity (Wildman–Crippen MR) is 81.9 cm³/mol. The number of hydrogen-bond acceptors (Lipinski definition) is 4. The van der Waals surface area contributed by atoms with Crippen molar-refractivity contribution in [3.8, 4) is 5.75 Å². The molecule has 0 saturated carbocycles. The molecule has 5 nitrogen and oxygen atoms in total. The molecular weight excluding hydrogens is 324 g/mol. The van der Waals surface area contributed by atoms with Crippen molar-refractivity contribution in [3.63, 3.8) is 0 Å². The van der Waals surface area contributed by atoms with E-state index in [1.54, 1.807) is 21.1 Å². The first kappa shape index (κ1) is 16.9. The molecule has 0 fully saturated rings. The highest BCUT2D eigenvalue weighted by molar-refractivity contribution is 9.10. The monoisotopic (exact) mass is 344 g/mol. The van der Waals surface area contributed by atoms with E-state index in [1.165, 1.54) is 0 Å². The summed E-state index contributed by atoms with van der Waals surface area (Å²) in [4.78, 5) is 11.4. The van der Waals surface area contributed by atoms with Gasteiger partial charge in [-0.1, -0.05) is 15.9 Å². The van der Waals surface area contributed by atoms with Crippen molar-refractivity contribution in [1.29, 1.82) is 0 Å². The largest absolute Gasteiger partial charge is 0.481 e. The Labute approximate surface area is 128 Å². The Balaban J connectivity index is 2.63. The molecule has 1 unspecified atom stereocenters. The summed E-state index contributed by atoms with van der Waals surface area (Å²) < 4.78 is 11.6. The number of nitrogens with one attached hydrogen (secondary N) is 2. The van der Waals surface area contributed by atoms with Crippen LogP contribution in [0, 0.1) is 0 Å². The van der Waals surface area contributed by atoms with Gasteiger partial charge in [0, 0.05) is 31.7 Å². The Kier molecular flexibility index (Phi) is 7.58. The summed E-state index contributed by atoms with van der Waals surface area (Å²) in [6, 6.07) is 5.67. The topological polar surface area (TPSA) is 59.6 Å². The molecule has 1 atom stereocenters. The zero-order valence-electron chi connectivity index (χ0n) is 12.0. The Morgan fingerprint density at radius 2 is 2.20 bits per heavy atom. The van der Waals surface area contributed by atoms with Gasteiger partial charge in [0.25, 0.3) is 5.91 Å². The van der Waals surface area contributed by atoms with E-state index in [2.05, 4.69) is 26.6 Å². The Bertz CT molecular complexity index is 440. The second-order valence-corrected chi connectivity index (χ2v) is 5.15. The van der Waals surface area contributed by atoms with E-state index in [-0.39, 0.29) is 5.91 Å². The van der Waals surface area contributed by atoms with E-state index in [9.17, 15) is 4.79 Å². The number of methoxy groups -OCH3 is 1. The van der Waals surface area contributed by atoms with Crippen LogP contribution in [0.5, 0.6) is 5.75 Å². The van der Waals surface area contributed by atoms with Gasteiger partial charge in [0.15, 0.2) is 6.10 Å². The van der Waals surface area contributed by atoms with Crippen LogP contribution in [0.3, 0.4) is 0 Å². The van der Waals surface area contributed by atoms with Crippen molar-refractivity contribution < 1.29 is 14.3 Å². The van der Waals surface area contributed by atoms with Crippen LogP contribution in [0.4, 0.5) is 0 Å². The van der Waals surface area contributed by atoms with E-state index in [1.807, 2.05) is 18.2 Å². The van der Waals surface area contributed by atoms with Gasteiger partial charge in [-0.3, -0.25) is 4.79 Å². The molecule has 0 bridgehead atoms. The summed E-state index contributed by atoms with van der Waals surface area (Å²) in [5.41, 5.74) is 1.07. The van der Waals surface area contributed by atoms with Crippen LogP contribution >= 0.6 is 15.9 Å². The first-order chi connectivity index (χ1) is 9.58. The normalized spacial score (nSPS) is 12.0. The number of hydrogen-bond donors (Lipinski definition) is 2. The third kappa shape index (κ3) is 5.48. The van der Waals surface area contributed by atoms with Gasteiger partial charge < -0.3 is 20.1 Å². The van der Waals surface area contributed by atoms with Crippen LogP contribution in [0.15, 0.2) is 22.7 Å². The fraction of sp³-hybridized carbons (Fsp3) is 0.500. The van der Waals surface area contributed by atoms with Gasteiger partial charge in [-0.2, -0.15) is 0 Å². The SMILES string of the molecule is CNC(=O)C(C)Oc1ccc(Br)c(CNCCOC)c1. The van der Waals surface area contributed by atoms with E-state index in [0.717, 1.165) is 16.6 Å². The lowest BCUT2D eigenvalue weighted by molar-refractivity contribution is -0.126. The molecule has 0 saturated heterocycles. The molecule has 1 aromatic rings. The molecule has 0 heterocycles. The molecule has 0 spiro atoms. The lowest BCUT2D eigenvalue weighted by atomic mass is 10.2. The highest BCUT2D eigenvalue weighted by atomic mass is 79.9. The minimum absolute atomic E-state index is 0.146. The average molecular weight is 345 g/mol. The number of benzene rings is 1. The minimum Gasteiger partial charge on any atom is -0.481 e. The van der Waals surface area contributed by atoms with E-state index in [0.29, 0.717) is 18.9 Å². The number of ether oxygens (including phenoxy) is 2. The number of amides is 1. The van der Waals surface area contributed by atoms with Gasteiger partial charge in [-0.15, -0.1) is 0 Å². The van der Waals surface area contributed by atoms with Crippen molar-refractivity contribution in [2.45, 2.75) is 19.6 Å². The van der Waals surface area contributed by atoms with Gasteiger partial charge in [-0.25, -0.2) is 0 Å². The van der Waals surface area contributed by atoms with Crippen LogP contribution < -0.4 is 15.4 Å². The molecule has 112 valence electrons. The molecule has 0 aromatic heterocycles. The molecule has 20 heavy (non-hydrogen) atoms. The van der Waals surface area contributed by atoms with Gasteiger partial charge in [0.05, 0.1) is 6.61 Å². The highest BCUT2D eigenvalue weighted by Gasteiger charge is 2.13. The molecule has 1 aromatic carbocycles. The smallest absolute Gasteiger partial charge is 0.260 e. The molecule has 6 heteroatoms. The standard InChI is InChI=1S/C14H21BrN2O3/c1-10(14(18)16-2)20-12-4-5-13(15)11(8-12)9-17-6-7-19-3/h4-5,8,10,17H,6-7,9H2,1-3H3,(H,16,18). The predicted octanol–water partition coefficient (Wildman–Crippen LogP) is 1.70. The van der Waals surface area contributed by atoms with E-state index in [4.69, 9.17) is 9.47 Å². The van der Waals surface area contributed by atoms with Crippen LogP contribution in [0.25, 0.3) is 0 Å². The molecule has 1 rings (SSSR count). The van der Waals surface area contributed by atoms with Crippen molar-refractivity contribution in [1.82, 2.24) is 10.6 Å². The highest BCUT2D eigenvalue weighted by Crippen LogP contribution is 2.23. The summed E-state index contributed by atoms with van der Waals surface area (Å²) in [5.74, 6) is 0.528. The molecule has 0 aliphatic carbocycles. The summed E-state index contributed by atoms with van der Waals surface area (Å²) in [7, 11) is 3.27. The van der Waals surface area contributed by atoms with Gasteiger partial charge in [0.2, 0.25) is 0 Å². The molecular formula is C14H21BrN2O3. The van der Waals surface area contributed by atoms with Crippen molar-refractivity contribution in [2.24, 2.45) is 0 Å². The zero-order valence-corrected chi connectivity index (χ0v) is 13.6. The third-order valence-electron chi connectivity index (χ3n) is 2.74. The summed E-state index contributed by atoms with van der Waals surface area (Å²) in [5, 5.41) is 5.83. The maximum absolute atomic E-state index is 11.4. The number of rotatable bonds is 8. The van der Waals surface area contributed by atoms with Crippen LogP contribution in [-0.2, 0) is 16.1 Å². The van der Waals surface area contributed by atoms with Crippen LogP contribution in [0.2, 0.25) is 0 Å². The number of halogens is 1. The number of carbonyl (C=O) groups is 1. The Hall–Kier alpha value is -1.11. The molecule has 0 radical (unpaired) electrons. The van der Waals surface area contributed by atoms with Crippen LogP contribution in [-0.4, -0.2) is 39.3 Å². The van der Waals surface area contributed by atoms with Gasteiger partial charge in [-0.05, 0) is 30.7 Å². The minimum atomic E-state index is -0.518. The van der Waals surface area contributed by atoms with E-state index < -0.39 is 6.10 Å². The summed E-state index contributed by atoms with van der Waals surface area (Å²) >= 11 is 3.50. The lowest BCUT2D eigenvalue weighted by Gasteiger charge is -2.15. The van der Waals surface area contributed by atoms with Gasteiger partial charge >= 0.3 is 0 Å². The average Bonchev–Trinajstić information content (AvgIpc) is 2.45. The fourth-order valence-corrected chi connectivity index (χ4v) is 2.00. The lowest BCUT2D eigenvalue weighted by Crippen LogP contribution is -2.33. The number of likely N-dealkylation sites (N-methyl/N-ethyl adjacent to an activating group) is 1. The van der Waals surface area contributed by atoms with Crippen molar-refractivity contribution in [3.05, 3.63) is 28.2 Å². The quantitative estimate of drug-likeness (QED) is 0.704. The fourth-order valence-electron chi connectivity index (χ4n) is 1.62. The van der Waals surface area contributed by atoms with Crippen molar-refractivity contribution >= 4 is 21.8 Å². The molecule has 2 N–H and O–H groups in total. The first-order valence-electron chi connectivity index (χ1n) is 6.44. The Morgan fingerprint density at radius 3 is 2.85 bits per heavy atom. The van der Waals surface area contributed by atoms with Crippen molar-refractivity contribution in [2.75, 3.05) is 27.3 Å². The Morgan fingerprint density at radius 1 is 1.45 bits per heavy atom. The molecule has 1 amide bonds. The number of carbonyl (C=O) groups excluding carboxylic acids is 1. The third-order valence-corrected chi connectivity index (χ3v) is 3.52. The maximum atomic E-state index is 11.4.